The van der Waals surface area contributed by atoms with Crippen molar-refractivity contribution in [3.8, 4) is 0 Å². The van der Waals surface area contributed by atoms with E-state index in [2.05, 4.69) is 33.8 Å². The molecule has 0 saturated heterocycles. The first-order chi connectivity index (χ1) is 6.84. The monoisotopic (exact) mass is 210 g/mol. The molecule has 0 heterocycles. The Morgan fingerprint density at radius 3 is 2.73 bits per heavy atom. The smallest absolute Gasteiger partial charge is 0.303 e. The van der Waals surface area contributed by atoms with Crippen LogP contribution in [0.4, 0.5) is 0 Å². The molecule has 0 saturated carbocycles. The van der Waals surface area contributed by atoms with Crippen molar-refractivity contribution in [2.75, 3.05) is 0 Å². The zero-order valence-electron chi connectivity index (χ0n) is 10.2. The molecule has 0 unspecified atom stereocenters. The Hall–Kier alpha value is -0.790. The topological polar surface area (TPSA) is 37.3 Å². The average Bonchev–Trinajstić information content (AvgIpc) is 1.99. The van der Waals surface area contributed by atoms with Gasteiger partial charge in [-0.25, -0.2) is 0 Å². The zero-order chi connectivity index (χ0) is 11.6. The van der Waals surface area contributed by atoms with Crippen molar-refractivity contribution in [1.82, 2.24) is 0 Å². The molecule has 0 bridgehead atoms. The third kappa shape index (κ3) is 2.83. The van der Waals surface area contributed by atoms with Crippen molar-refractivity contribution in [3.63, 3.8) is 0 Å². The van der Waals surface area contributed by atoms with Gasteiger partial charge < -0.3 is 5.11 Å². The molecular formula is C13H22O2. The molecule has 2 atom stereocenters. The van der Waals surface area contributed by atoms with E-state index < -0.39 is 5.97 Å². The third-order valence-electron chi connectivity index (χ3n) is 3.65. The molecule has 0 amide bonds. The van der Waals surface area contributed by atoms with E-state index in [1.807, 2.05) is 0 Å². The molecule has 0 aromatic rings. The molecule has 15 heavy (non-hydrogen) atoms. The van der Waals surface area contributed by atoms with Gasteiger partial charge in [0.05, 0.1) is 0 Å². The summed E-state index contributed by atoms with van der Waals surface area (Å²) in [5.41, 5.74) is 1.62. The molecule has 1 aliphatic rings. The van der Waals surface area contributed by atoms with E-state index in [4.69, 9.17) is 5.11 Å². The first-order valence-electron chi connectivity index (χ1n) is 5.73. The number of carboxylic acids is 1. The van der Waals surface area contributed by atoms with Crippen LogP contribution in [0.3, 0.4) is 0 Å². The average molecular weight is 210 g/mol. The van der Waals surface area contributed by atoms with Gasteiger partial charge in [-0.05, 0) is 37.0 Å². The van der Waals surface area contributed by atoms with Crippen molar-refractivity contribution >= 4 is 5.97 Å². The standard InChI is InChI=1S/C13H22O2/c1-9-6-5-7-13(3,4)12(9)10(2)8-11(14)15/h6,10,12H,5,7-8H2,1-4H3,(H,14,15)/t10-,12-/m1/s1. The molecule has 1 N–H and O–H groups in total. The van der Waals surface area contributed by atoms with Crippen LogP contribution in [0.25, 0.3) is 0 Å². The van der Waals surface area contributed by atoms with Crippen molar-refractivity contribution in [2.45, 2.75) is 47.0 Å². The van der Waals surface area contributed by atoms with Gasteiger partial charge >= 0.3 is 5.97 Å². The number of rotatable bonds is 3. The minimum Gasteiger partial charge on any atom is -0.481 e. The SMILES string of the molecule is CC1=CCCC(C)(C)[C@H]1[C@H](C)CC(=O)O. The minimum atomic E-state index is -0.684. The van der Waals surface area contributed by atoms with Crippen molar-refractivity contribution in [1.29, 1.82) is 0 Å². The Morgan fingerprint density at radius 1 is 1.67 bits per heavy atom. The molecule has 0 aromatic heterocycles. The van der Waals surface area contributed by atoms with Gasteiger partial charge in [0.1, 0.15) is 0 Å². The Kier molecular flexibility index (Phi) is 3.58. The lowest BCUT2D eigenvalue weighted by Crippen LogP contribution is -2.33. The molecule has 1 aliphatic carbocycles. The predicted octanol–water partition coefficient (Wildman–Crippen LogP) is 3.48. The van der Waals surface area contributed by atoms with Gasteiger partial charge in [0, 0.05) is 6.42 Å². The van der Waals surface area contributed by atoms with Gasteiger partial charge in [0.25, 0.3) is 0 Å². The van der Waals surface area contributed by atoms with Crippen molar-refractivity contribution in [2.24, 2.45) is 17.3 Å². The largest absolute Gasteiger partial charge is 0.481 e. The minimum absolute atomic E-state index is 0.231. The van der Waals surface area contributed by atoms with Gasteiger partial charge in [0.15, 0.2) is 0 Å². The zero-order valence-corrected chi connectivity index (χ0v) is 10.2. The number of hydrogen-bond donors (Lipinski definition) is 1. The van der Waals surface area contributed by atoms with Gasteiger partial charge in [-0.2, -0.15) is 0 Å². The van der Waals surface area contributed by atoms with Gasteiger partial charge in [0.2, 0.25) is 0 Å². The van der Waals surface area contributed by atoms with Gasteiger partial charge in [-0.1, -0.05) is 32.4 Å². The van der Waals surface area contributed by atoms with E-state index in [0.29, 0.717) is 5.92 Å². The Labute approximate surface area is 92.4 Å². The molecule has 0 aliphatic heterocycles. The van der Waals surface area contributed by atoms with Crippen LogP contribution in [-0.4, -0.2) is 11.1 Å². The fourth-order valence-corrected chi connectivity index (χ4v) is 3.18. The Bertz CT molecular complexity index is 276. The number of carbonyl (C=O) groups is 1. The lowest BCUT2D eigenvalue weighted by atomic mass is 9.63. The lowest BCUT2D eigenvalue weighted by molar-refractivity contribution is -0.138. The predicted molar refractivity (Wildman–Crippen MR) is 61.7 cm³/mol. The van der Waals surface area contributed by atoms with E-state index in [0.717, 1.165) is 6.42 Å². The van der Waals surface area contributed by atoms with Crippen LogP contribution in [0, 0.1) is 17.3 Å². The second-order valence-corrected chi connectivity index (χ2v) is 5.53. The summed E-state index contributed by atoms with van der Waals surface area (Å²) < 4.78 is 0. The van der Waals surface area contributed by atoms with Gasteiger partial charge in [-0.3, -0.25) is 4.79 Å². The van der Waals surface area contributed by atoms with Crippen LogP contribution >= 0.6 is 0 Å². The molecule has 2 heteroatoms. The summed E-state index contributed by atoms with van der Waals surface area (Å²) in [6, 6.07) is 0. The molecular weight excluding hydrogens is 188 g/mol. The van der Waals surface area contributed by atoms with Gasteiger partial charge in [-0.15, -0.1) is 0 Å². The highest BCUT2D eigenvalue weighted by Crippen LogP contribution is 2.45. The molecule has 86 valence electrons. The molecule has 0 fully saturated rings. The molecule has 0 spiro atoms. The van der Waals surface area contributed by atoms with Crippen LogP contribution in [0.2, 0.25) is 0 Å². The molecule has 2 nitrogen and oxygen atoms in total. The first kappa shape index (κ1) is 12.3. The van der Waals surface area contributed by atoms with Crippen LogP contribution in [0.5, 0.6) is 0 Å². The molecule has 0 aromatic carbocycles. The first-order valence-corrected chi connectivity index (χ1v) is 5.73. The summed E-state index contributed by atoms with van der Waals surface area (Å²) in [5.74, 6) is -0.0342. The Balaban J connectivity index is 2.83. The van der Waals surface area contributed by atoms with Crippen LogP contribution in [-0.2, 0) is 4.79 Å². The van der Waals surface area contributed by atoms with E-state index in [1.54, 1.807) is 0 Å². The van der Waals surface area contributed by atoms with Crippen LogP contribution < -0.4 is 0 Å². The summed E-state index contributed by atoms with van der Waals surface area (Å²) in [6.45, 7) is 8.71. The molecule has 0 radical (unpaired) electrons. The number of allylic oxidation sites excluding steroid dienone is 2. The number of hydrogen-bond acceptors (Lipinski definition) is 1. The highest BCUT2D eigenvalue weighted by molar-refractivity contribution is 5.67. The van der Waals surface area contributed by atoms with E-state index in [-0.39, 0.29) is 17.8 Å². The summed E-state index contributed by atoms with van der Waals surface area (Å²) in [7, 11) is 0. The van der Waals surface area contributed by atoms with E-state index in [9.17, 15) is 4.79 Å². The van der Waals surface area contributed by atoms with E-state index >= 15 is 0 Å². The normalized spacial score (nSPS) is 26.9. The summed E-state index contributed by atoms with van der Waals surface area (Å²) in [6.07, 6.45) is 4.85. The lowest BCUT2D eigenvalue weighted by Gasteiger charge is -2.41. The third-order valence-corrected chi connectivity index (χ3v) is 3.65. The highest BCUT2D eigenvalue weighted by atomic mass is 16.4. The van der Waals surface area contributed by atoms with Crippen LogP contribution in [0.15, 0.2) is 11.6 Å². The maximum Gasteiger partial charge on any atom is 0.303 e. The fraction of sp³-hybridized carbons (Fsp3) is 0.769. The van der Waals surface area contributed by atoms with Crippen molar-refractivity contribution < 1.29 is 9.90 Å². The Morgan fingerprint density at radius 2 is 2.27 bits per heavy atom. The quantitative estimate of drug-likeness (QED) is 0.724. The van der Waals surface area contributed by atoms with Crippen molar-refractivity contribution in [3.05, 3.63) is 11.6 Å². The summed E-state index contributed by atoms with van der Waals surface area (Å²) in [4.78, 5) is 10.8. The highest BCUT2D eigenvalue weighted by Gasteiger charge is 2.36. The van der Waals surface area contributed by atoms with E-state index in [1.165, 1.54) is 12.0 Å². The fourth-order valence-electron chi connectivity index (χ4n) is 3.18. The maximum absolute atomic E-state index is 10.8. The maximum atomic E-state index is 10.8. The molecule has 1 rings (SSSR count). The second-order valence-electron chi connectivity index (χ2n) is 5.53. The summed E-state index contributed by atoms with van der Waals surface area (Å²) >= 11 is 0. The second kappa shape index (κ2) is 4.38. The number of aliphatic carboxylic acids is 1. The van der Waals surface area contributed by atoms with Crippen LogP contribution in [0.1, 0.15) is 47.0 Å². The number of carboxylic acid groups (broad SMARTS) is 1. The summed E-state index contributed by atoms with van der Waals surface area (Å²) in [5, 5.41) is 8.85.